The Labute approximate surface area is 209 Å². The van der Waals surface area contributed by atoms with E-state index in [4.69, 9.17) is 0 Å². The third-order valence-corrected chi connectivity index (χ3v) is 7.79. The van der Waals surface area contributed by atoms with Crippen LogP contribution in [0.1, 0.15) is 74.8 Å². The quantitative estimate of drug-likeness (QED) is 0.459. The molecule has 0 unspecified atom stereocenters. The van der Waals surface area contributed by atoms with Gasteiger partial charge >= 0.3 is 5.97 Å². The van der Waals surface area contributed by atoms with E-state index in [1.54, 1.807) is 18.0 Å². The zero-order valence-electron chi connectivity index (χ0n) is 20.5. The Hall–Kier alpha value is -3.04. The molecule has 4 rings (SSSR count). The van der Waals surface area contributed by atoms with E-state index in [2.05, 4.69) is 17.0 Å². The molecule has 0 saturated heterocycles. The van der Waals surface area contributed by atoms with Crippen LogP contribution in [0.5, 0.6) is 0 Å². The number of nitrogens with zero attached hydrogens (tertiary/aromatic N) is 4. The maximum absolute atomic E-state index is 13.5. The summed E-state index contributed by atoms with van der Waals surface area (Å²) in [4.78, 5) is 32.3. The van der Waals surface area contributed by atoms with Gasteiger partial charge in [0, 0.05) is 24.4 Å². The van der Waals surface area contributed by atoms with Gasteiger partial charge < -0.3 is 10.2 Å². The van der Waals surface area contributed by atoms with Gasteiger partial charge in [0.05, 0.1) is 10.6 Å². The molecule has 1 aliphatic carbocycles. The highest BCUT2D eigenvalue weighted by molar-refractivity contribution is 7.15. The Morgan fingerprint density at radius 1 is 1.11 bits per heavy atom. The number of carboxylic acid groups (broad SMARTS) is 1. The summed E-state index contributed by atoms with van der Waals surface area (Å²) in [5, 5.41) is 24.9. The molecule has 0 aliphatic heterocycles. The first-order chi connectivity index (χ1) is 16.7. The van der Waals surface area contributed by atoms with E-state index in [1.165, 1.54) is 22.2 Å². The van der Waals surface area contributed by atoms with Crippen molar-refractivity contribution < 1.29 is 19.8 Å². The normalized spacial score (nSPS) is 19.0. The minimum atomic E-state index is -1.12. The molecule has 1 amide bonds. The second kappa shape index (κ2) is 10.3. The van der Waals surface area contributed by atoms with Gasteiger partial charge in [0.1, 0.15) is 16.7 Å². The van der Waals surface area contributed by atoms with Crippen LogP contribution in [0.2, 0.25) is 0 Å². The van der Waals surface area contributed by atoms with Crippen LogP contribution in [0.3, 0.4) is 0 Å². The van der Waals surface area contributed by atoms with Crippen LogP contribution in [0.4, 0.5) is 5.82 Å². The molecule has 9 heteroatoms. The molecule has 2 aromatic heterocycles. The van der Waals surface area contributed by atoms with Gasteiger partial charge in [0.15, 0.2) is 5.82 Å². The molecule has 1 saturated carbocycles. The molecule has 186 valence electrons. The Kier molecular flexibility index (Phi) is 7.37. The van der Waals surface area contributed by atoms with Gasteiger partial charge in [-0.15, -0.1) is 16.4 Å². The largest absolute Gasteiger partial charge is 0.477 e. The monoisotopic (exact) mass is 496 g/mol. The first-order valence-electron chi connectivity index (χ1n) is 12.1. The smallest absolute Gasteiger partial charge is 0.341 e. The summed E-state index contributed by atoms with van der Waals surface area (Å²) in [6, 6.07) is 7.29. The molecule has 3 aromatic rings. The van der Waals surface area contributed by atoms with Crippen molar-refractivity contribution in [1.82, 2.24) is 14.8 Å². The summed E-state index contributed by atoms with van der Waals surface area (Å²) >= 11 is 1.42. The maximum atomic E-state index is 13.5. The highest BCUT2D eigenvalue weighted by Crippen LogP contribution is 2.33. The number of carboxylic acids is 1. The van der Waals surface area contributed by atoms with Crippen LogP contribution in [-0.4, -0.2) is 42.9 Å². The number of hydrogen-bond donors (Lipinski definition) is 2. The van der Waals surface area contributed by atoms with E-state index in [1.807, 2.05) is 38.1 Å². The number of rotatable bonds is 7. The first kappa shape index (κ1) is 25.1. The van der Waals surface area contributed by atoms with Crippen molar-refractivity contribution in [2.24, 2.45) is 11.8 Å². The predicted molar refractivity (Wildman–Crippen MR) is 136 cm³/mol. The second-order valence-electron chi connectivity index (χ2n) is 9.66. The molecule has 35 heavy (non-hydrogen) atoms. The van der Waals surface area contributed by atoms with Crippen LogP contribution in [0.15, 0.2) is 36.7 Å². The molecule has 1 atom stereocenters. The van der Waals surface area contributed by atoms with E-state index in [-0.39, 0.29) is 29.2 Å². The lowest BCUT2D eigenvalue weighted by Crippen LogP contribution is -2.43. The molecule has 0 bridgehead atoms. The first-order valence-corrected chi connectivity index (χ1v) is 12.9. The molecule has 1 aromatic carbocycles. The summed E-state index contributed by atoms with van der Waals surface area (Å²) in [6.07, 6.45) is 6.24. The van der Waals surface area contributed by atoms with E-state index in [9.17, 15) is 19.8 Å². The second-order valence-corrected chi connectivity index (χ2v) is 10.7. The fourth-order valence-corrected chi connectivity index (χ4v) is 5.39. The SMILES string of the molecule is CC1CCC(C(=O)N(c2nn(-c3ccc(-c4cnc([C@@H](C)O)s4)cc3)cc2C(=O)O)C(C)C)CC1. The lowest BCUT2D eigenvalue weighted by molar-refractivity contribution is -0.124. The minimum absolute atomic E-state index is 0.00401. The van der Waals surface area contributed by atoms with Crippen molar-refractivity contribution in [3.63, 3.8) is 0 Å². The number of carbonyl (C=O) groups excluding carboxylic acids is 1. The number of anilines is 1. The lowest BCUT2D eigenvalue weighted by Gasteiger charge is -2.32. The van der Waals surface area contributed by atoms with Gasteiger partial charge in [-0.05, 0) is 70.1 Å². The number of amides is 1. The number of aliphatic hydroxyl groups is 1. The summed E-state index contributed by atoms with van der Waals surface area (Å²) in [7, 11) is 0. The average Bonchev–Trinajstić information content (AvgIpc) is 3.48. The van der Waals surface area contributed by atoms with E-state index < -0.39 is 12.1 Å². The van der Waals surface area contributed by atoms with Crippen molar-refractivity contribution >= 4 is 29.0 Å². The molecular weight excluding hydrogens is 464 g/mol. The fraction of sp³-hybridized carbons (Fsp3) is 0.462. The van der Waals surface area contributed by atoms with Crippen molar-refractivity contribution in [1.29, 1.82) is 0 Å². The Morgan fingerprint density at radius 2 is 1.77 bits per heavy atom. The van der Waals surface area contributed by atoms with Gasteiger partial charge in [0.25, 0.3) is 0 Å². The third-order valence-electron chi connectivity index (χ3n) is 6.57. The number of benzene rings is 1. The van der Waals surface area contributed by atoms with Crippen molar-refractivity contribution in [3.05, 3.63) is 47.2 Å². The number of aromatic carboxylic acids is 1. The van der Waals surface area contributed by atoms with Crippen LogP contribution in [0, 0.1) is 11.8 Å². The van der Waals surface area contributed by atoms with Crippen molar-refractivity contribution in [2.45, 2.75) is 65.5 Å². The average molecular weight is 497 g/mol. The molecule has 0 radical (unpaired) electrons. The number of aromatic nitrogens is 3. The highest BCUT2D eigenvalue weighted by atomic mass is 32.1. The summed E-state index contributed by atoms with van der Waals surface area (Å²) in [5.41, 5.74) is 1.63. The topological polar surface area (TPSA) is 109 Å². The van der Waals surface area contributed by atoms with Crippen LogP contribution in [-0.2, 0) is 4.79 Å². The highest BCUT2D eigenvalue weighted by Gasteiger charge is 2.34. The Morgan fingerprint density at radius 3 is 2.31 bits per heavy atom. The van der Waals surface area contributed by atoms with Crippen LogP contribution in [0.25, 0.3) is 16.1 Å². The summed E-state index contributed by atoms with van der Waals surface area (Å²) < 4.78 is 1.52. The molecule has 1 fully saturated rings. The van der Waals surface area contributed by atoms with Crippen molar-refractivity contribution in [2.75, 3.05) is 4.90 Å². The Bertz CT molecular complexity index is 1190. The van der Waals surface area contributed by atoms with Gasteiger partial charge in [-0.1, -0.05) is 19.1 Å². The molecule has 0 spiro atoms. The van der Waals surface area contributed by atoms with Crippen LogP contribution >= 0.6 is 11.3 Å². The zero-order chi connectivity index (χ0) is 25.3. The fourth-order valence-electron chi connectivity index (χ4n) is 4.53. The third kappa shape index (κ3) is 5.31. The molecule has 8 nitrogen and oxygen atoms in total. The molecule has 2 heterocycles. The van der Waals surface area contributed by atoms with Gasteiger partial charge in [0.2, 0.25) is 5.91 Å². The van der Waals surface area contributed by atoms with E-state index in [0.29, 0.717) is 16.6 Å². The Balaban J connectivity index is 1.64. The van der Waals surface area contributed by atoms with Gasteiger partial charge in [-0.3, -0.25) is 9.69 Å². The predicted octanol–water partition coefficient (Wildman–Crippen LogP) is 5.32. The molecule has 1 aliphatic rings. The van der Waals surface area contributed by atoms with E-state index >= 15 is 0 Å². The maximum Gasteiger partial charge on any atom is 0.341 e. The van der Waals surface area contributed by atoms with Gasteiger partial charge in [-0.25, -0.2) is 14.5 Å². The number of thiazole rings is 1. The zero-order valence-corrected chi connectivity index (χ0v) is 21.3. The van der Waals surface area contributed by atoms with Gasteiger partial charge in [-0.2, -0.15) is 0 Å². The minimum Gasteiger partial charge on any atom is -0.477 e. The summed E-state index contributed by atoms with van der Waals surface area (Å²) in [5.74, 6) is -0.468. The summed E-state index contributed by atoms with van der Waals surface area (Å²) in [6.45, 7) is 7.66. The van der Waals surface area contributed by atoms with E-state index in [0.717, 1.165) is 36.1 Å². The molecule has 2 N–H and O–H groups in total. The van der Waals surface area contributed by atoms with Crippen molar-refractivity contribution in [3.8, 4) is 16.1 Å². The lowest BCUT2D eigenvalue weighted by atomic mass is 9.82. The number of aliphatic hydroxyl groups excluding tert-OH is 1. The molecular formula is C26H32N4O4S. The standard InChI is InChI=1S/C26H32N4O4S/c1-15(2)30(25(32)19-7-5-16(3)6-8-19)23-21(26(33)34)14-29(28-23)20-11-9-18(10-12-20)22-13-27-24(35-22)17(4)31/h9-17,19,31H,5-8H2,1-4H3,(H,33,34)/t16?,17-,19?/m1/s1. The van der Waals surface area contributed by atoms with Crippen LogP contribution < -0.4 is 4.90 Å². The number of hydrogen-bond acceptors (Lipinski definition) is 6. The number of carbonyl (C=O) groups is 2.